The highest BCUT2D eigenvalue weighted by molar-refractivity contribution is 5.11. The van der Waals surface area contributed by atoms with Crippen LogP contribution in [0, 0.1) is 0 Å². The van der Waals surface area contributed by atoms with Gasteiger partial charge in [0.2, 0.25) is 0 Å². The summed E-state index contributed by atoms with van der Waals surface area (Å²) in [6.45, 7) is 5.02. The van der Waals surface area contributed by atoms with Crippen LogP contribution < -0.4 is 5.73 Å². The van der Waals surface area contributed by atoms with Gasteiger partial charge in [0.1, 0.15) is 0 Å². The van der Waals surface area contributed by atoms with Gasteiger partial charge < -0.3 is 10.5 Å². The van der Waals surface area contributed by atoms with Gasteiger partial charge in [0.05, 0.1) is 18.3 Å². The molecule has 1 rings (SSSR count). The largest absolute Gasteiger partial charge is 0.380 e. The number of methoxy groups -OCH3 is 1. The number of hydrogen-bond acceptors (Lipinski definition) is 3. The Kier molecular flexibility index (Phi) is 4.10. The Morgan fingerprint density at radius 2 is 2.36 bits per heavy atom. The highest BCUT2D eigenvalue weighted by atomic mass is 16.5. The predicted octanol–water partition coefficient (Wildman–Crippen LogP) is 1.33. The molecule has 0 aliphatic heterocycles. The Morgan fingerprint density at radius 1 is 1.64 bits per heavy atom. The first kappa shape index (κ1) is 11.2. The summed E-state index contributed by atoms with van der Waals surface area (Å²) in [5.74, 6) is 0. The van der Waals surface area contributed by atoms with Crippen molar-refractivity contribution in [2.75, 3.05) is 7.11 Å². The molecule has 0 fully saturated rings. The van der Waals surface area contributed by atoms with Crippen LogP contribution in [0.4, 0.5) is 0 Å². The van der Waals surface area contributed by atoms with Crippen molar-refractivity contribution in [2.24, 2.45) is 5.73 Å². The third kappa shape index (κ3) is 2.56. The van der Waals surface area contributed by atoms with E-state index in [0.29, 0.717) is 0 Å². The molecular formula is C10H19N3O. The zero-order chi connectivity index (χ0) is 10.6. The van der Waals surface area contributed by atoms with Crippen LogP contribution in [0.2, 0.25) is 0 Å². The van der Waals surface area contributed by atoms with Crippen LogP contribution in [0.5, 0.6) is 0 Å². The van der Waals surface area contributed by atoms with Gasteiger partial charge in [-0.25, -0.2) is 0 Å². The molecule has 0 radical (unpaired) electrons. The van der Waals surface area contributed by atoms with Crippen LogP contribution in [0.3, 0.4) is 0 Å². The van der Waals surface area contributed by atoms with Crippen LogP contribution in [0.25, 0.3) is 0 Å². The van der Waals surface area contributed by atoms with Gasteiger partial charge in [-0.2, -0.15) is 5.10 Å². The summed E-state index contributed by atoms with van der Waals surface area (Å²) in [5, 5.41) is 4.22. The van der Waals surface area contributed by atoms with E-state index in [-0.39, 0.29) is 12.1 Å². The first-order chi connectivity index (χ1) is 6.69. The summed E-state index contributed by atoms with van der Waals surface area (Å²) >= 11 is 0. The molecule has 0 aromatic carbocycles. The quantitative estimate of drug-likeness (QED) is 0.774. The van der Waals surface area contributed by atoms with E-state index in [1.165, 1.54) is 0 Å². The lowest BCUT2D eigenvalue weighted by molar-refractivity contribution is 0.0956. The van der Waals surface area contributed by atoms with E-state index in [4.69, 9.17) is 10.5 Å². The average molecular weight is 197 g/mol. The fourth-order valence-electron chi connectivity index (χ4n) is 1.32. The maximum absolute atomic E-state index is 5.98. The molecule has 14 heavy (non-hydrogen) atoms. The number of nitrogens with two attached hydrogens (primary N) is 1. The van der Waals surface area contributed by atoms with Crippen molar-refractivity contribution in [1.29, 1.82) is 0 Å². The molecule has 80 valence electrons. The Balaban J connectivity index is 2.65. The van der Waals surface area contributed by atoms with Crippen LogP contribution >= 0.6 is 0 Å². The minimum Gasteiger partial charge on any atom is -0.380 e. The molecule has 0 aliphatic rings. The fourth-order valence-corrected chi connectivity index (χ4v) is 1.32. The molecule has 0 aliphatic carbocycles. The van der Waals surface area contributed by atoms with Gasteiger partial charge in [-0.1, -0.05) is 6.92 Å². The third-order valence-electron chi connectivity index (χ3n) is 2.37. The summed E-state index contributed by atoms with van der Waals surface area (Å²) < 4.78 is 7.09. The molecule has 1 aromatic heterocycles. The van der Waals surface area contributed by atoms with Gasteiger partial charge in [0.15, 0.2) is 0 Å². The molecular weight excluding hydrogens is 178 g/mol. The number of hydrogen-bond donors (Lipinski definition) is 1. The summed E-state index contributed by atoms with van der Waals surface area (Å²) in [6, 6.07) is -0.0920. The second kappa shape index (κ2) is 5.12. The monoisotopic (exact) mass is 197 g/mol. The topological polar surface area (TPSA) is 53.1 Å². The Bertz CT molecular complexity index is 272. The van der Waals surface area contributed by atoms with Crippen LogP contribution in [0.1, 0.15) is 31.9 Å². The normalized spacial score (nSPS) is 15.4. The summed E-state index contributed by atoms with van der Waals surface area (Å²) in [7, 11) is 1.67. The lowest BCUT2D eigenvalue weighted by atomic mass is 10.1. The van der Waals surface area contributed by atoms with Gasteiger partial charge in [-0.05, 0) is 13.3 Å². The molecule has 0 saturated heterocycles. The molecule has 2 atom stereocenters. The molecule has 1 heterocycles. The van der Waals surface area contributed by atoms with Gasteiger partial charge >= 0.3 is 0 Å². The molecule has 1 aromatic rings. The molecule has 4 heteroatoms. The fraction of sp³-hybridized carbons (Fsp3) is 0.700. The van der Waals surface area contributed by atoms with Gasteiger partial charge in [-0.3, -0.25) is 4.68 Å². The van der Waals surface area contributed by atoms with E-state index in [2.05, 4.69) is 12.0 Å². The smallest absolute Gasteiger partial charge is 0.0736 e. The molecule has 2 N–H and O–H groups in total. The second-order valence-corrected chi connectivity index (χ2v) is 3.50. The molecule has 4 nitrogen and oxygen atoms in total. The van der Waals surface area contributed by atoms with Crippen LogP contribution in [0.15, 0.2) is 12.4 Å². The van der Waals surface area contributed by atoms with Crippen molar-refractivity contribution in [2.45, 2.75) is 39.0 Å². The van der Waals surface area contributed by atoms with Crippen molar-refractivity contribution in [3.8, 4) is 0 Å². The molecule has 0 amide bonds. The van der Waals surface area contributed by atoms with Crippen molar-refractivity contribution in [1.82, 2.24) is 9.78 Å². The van der Waals surface area contributed by atoms with E-state index in [1.54, 1.807) is 7.11 Å². The highest BCUT2D eigenvalue weighted by Gasteiger charge is 2.15. The Hall–Kier alpha value is -0.870. The van der Waals surface area contributed by atoms with Gasteiger partial charge in [0.25, 0.3) is 0 Å². The standard InChI is InChI=1S/C10H19N3O/c1-4-5-13-7-9(6-12-13)10(11)8(2)14-3/h6-8,10H,4-5,11H2,1-3H3. The Morgan fingerprint density at radius 3 is 2.93 bits per heavy atom. The van der Waals surface area contributed by atoms with E-state index in [0.717, 1.165) is 18.5 Å². The maximum Gasteiger partial charge on any atom is 0.0736 e. The zero-order valence-electron chi connectivity index (χ0n) is 9.10. The van der Waals surface area contributed by atoms with Crippen molar-refractivity contribution >= 4 is 0 Å². The van der Waals surface area contributed by atoms with Gasteiger partial charge in [0, 0.05) is 25.4 Å². The third-order valence-corrected chi connectivity index (χ3v) is 2.37. The molecule has 0 bridgehead atoms. The predicted molar refractivity (Wildman–Crippen MR) is 55.9 cm³/mol. The van der Waals surface area contributed by atoms with Crippen LogP contribution in [-0.2, 0) is 11.3 Å². The number of ether oxygens (including phenoxy) is 1. The zero-order valence-corrected chi connectivity index (χ0v) is 9.10. The number of nitrogens with zero attached hydrogens (tertiary/aromatic N) is 2. The van der Waals surface area contributed by atoms with Crippen LogP contribution in [-0.4, -0.2) is 23.0 Å². The highest BCUT2D eigenvalue weighted by Crippen LogP contribution is 2.14. The maximum atomic E-state index is 5.98. The lowest BCUT2D eigenvalue weighted by Crippen LogP contribution is -2.24. The summed E-state index contributed by atoms with van der Waals surface area (Å²) in [5.41, 5.74) is 7.02. The summed E-state index contributed by atoms with van der Waals surface area (Å²) in [6.07, 6.45) is 4.91. The number of aryl methyl sites for hydroxylation is 1. The van der Waals surface area contributed by atoms with E-state index in [1.807, 2.05) is 24.0 Å². The van der Waals surface area contributed by atoms with Crippen molar-refractivity contribution < 1.29 is 4.74 Å². The van der Waals surface area contributed by atoms with Crippen molar-refractivity contribution in [3.05, 3.63) is 18.0 Å². The van der Waals surface area contributed by atoms with Crippen molar-refractivity contribution in [3.63, 3.8) is 0 Å². The first-order valence-electron chi connectivity index (χ1n) is 4.99. The van der Waals surface area contributed by atoms with E-state index >= 15 is 0 Å². The first-order valence-corrected chi connectivity index (χ1v) is 4.99. The number of rotatable bonds is 5. The minimum atomic E-state index is -0.0920. The van der Waals surface area contributed by atoms with E-state index < -0.39 is 0 Å². The molecule has 0 spiro atoms. The summed E-state index contributed by atoms with van der Waals surface area (Å²) in [4.78, 5) is 0. The molecule has 2 unspecified atom stereocenters. The Labute approximate surface area is 85.0 Å². The average Bonchev–Trinajstić information content (AvgIpc) is 2.64. The second-order valence-electron chi connectivity index (χ2n) is 3.50. The number of aromatic nitrogens is 2. The van der Waals surface area contributed by atoms with Gasteiger partial charge in [-0.15, -0.1) is 0 Å². The SMILES string of the molecule is CCCn1cc(C(N)C(C)OC)cn1. The lowest BCUT2D eigenvalue weighted by Gasteiger charge is -2.16. The molecule has 0 saturated carbocycles. The minimum absolute atomic E-state index is 0.0225. The van der Waals surface area contributed by atoms with E-state index in [9.17, 15) is 0 Å².